The van der Waals surface area contributed by atoms with Gasteiger partial charge in [0.1, 0.15) is 5.82 Å². The Kier molecular flexibility index (Phi) is 6.65. The lowest BCUT2D eigenvalue weighted by molar-refractivity contribution is -0.139. The number of carbonyl (C=O) groups is 3. The van der Waals surface area contributed by atoms with Gasteiger partial charge in [-0.2, -0.15) is 0 Å². The van der Waals surface area contributed by atoms with Gasteiger partial charge in [0.2, 0.25) is 0 Å². The minimum absolute atomic E-state index is 0.187. The molecule has 2 rings (SSSR count). The van der Waals surface area contributed by atoms with E-state index >= 15 is 0 Å². The summed E-state index contributed by atoms with van der Waals surface area (Å²) in [6, 6.07) is 11.6. The van der Waals surface area contributed by atoms with Crippen molar-refractivity contribution in [2.45, 2.75) is 19.6 Å². The molecule has 0 spiro atoms. The van der Waals surface area contributed by atoms with Gasteiger partial charge < -0.3 is 14.4 Å². The van der Waals surface area contributed by atoms with Gasteiger partial charge in [-0.15, -0.1) is 0 Å². The average Bonchev–Trinajstić information content (AvgIpc) is 2.66. The largest absolute Gasteiger partial charge is 0.465 e. The molecule has 142 valence electrons. The van der Waals surface area contributed by atoms with Gasteiger partial charge in [-0.25, -0.2) is 14.0 Å². The first kappa shape index (κ1) is 20.1. The zero-order valence-corrected chi connectivity index (χ0v) is 15.3. The minimum Gasteiger partial charge on any atom is -0.465 e. The highest BCUT2D eigenvalue weighted by atomic mass is 19.1. The summed E-state index contributed by atoms with van der Waals surface area (Å²) >= 11 is 0. The number of ether oxygens (including phenoxy) is 2. The first-order chi connectivity index (χ1) is 12.8. The first-order valence-corrected chi connectivity index (χ1v) is 8.20. The SMILES string of the molecule is COC(=O)c1ccc(C(=O)OC(C)C(=O)N(C)Cc2cccc(F)c2)cc1. The summed E-state index contributed by atoms with van der Waals surface area (Å²) in [4.78, 5) is 37.3. The van der Waals surface area contributed by atoms with E-state index in [1.165, 1.54) is 55.3 Å². The first-order valence-electron chi connectivity index (χ1n) is 8.20. The standard InChI is InChI=1S/C20H20FNO5/c1-13(18(23)22(2)12-14-5-4-6-17(21)11-14)27-20(25)16-9-7-15(8-10-16)19(24)26-3/h4-11,13H,12H2,1-3H3. The number of likely N-dealkylation sites (N-methyl/N-ethyl adjacent to an activating group) is 1. The van der Waals surface area contributed by atoms with Gasteiger partial charge in [-0.3, -0.25) is 4.79 Å². The predicted molar refractivity (Wildman–Crippen MR) is 95.5 cm³/mol. The Morgan fingerprint density at radius 2 is 1.63 bits per heavy atom. The molecule has 1 atom stereocenters. The Balaban J connectivity index is 1.96. The molecule has 0 heterocycles. The second kappa shape index (κ2) is 8.93. The molecule has 2 aromatic carbocycles. The molecule has 0 aromatic heterocycles. The third-order valence-electron chi connectivity index (χ3n) is 3.86. The number of carbonyl (C=O) groups excluding carboxylic acids is 3. The quantitative estimate of drug-likeness (QED) is 0.728. The van der Waals surface area contributed by atoms with E-state index in [4.69, 9.17) is 4.74 Å². The summed E-state index contributed by atoms with van der Waals surface area (Å²) in [6.45, 7) is 1.65. The van der Waals surface area contributed by atoms with Crippen LogP contribution in [0.25, 0.3) is 0 Å². The molecule has 0 bridgehead atoms. The Hall–Kier alpha value is -3.22. The topological polar surface area (TPSA) is 72.9 Å². The van der Waals surface area contributed by atoms with Crippen LogP contribution in [0.2, 0.25) is 0 Å². The summed E-state index contributed by atoms with van der Waals surface area (Å²) in [6.07, 6.45) is -1.02. The van der Waals surface area contributed by atoms with Gasteiger partial charge >= 0.3 is 11.9 Å². The predicted octanol–water partition coefficient (Wildman–Crippen LogP) is 2.82. The number of amides is 1. The number of hydrogen-bond acceptors (Lipinski definition) is 5. The second-order valence-corrected chi connectivity index (χ2v) is 5.94. The number of nitrogens with zero attached hydrogens (tertiary/aromatic N) is 1. The van der Waals surface area contributed by atoms with Crippen molar-refractivity contribution in [3.05, 3.63) is 71.0 Å². The third kappa shape index (κ3) is 5.37. The van der Waals surface area contributed by atoms with Crippen molar-refractivity contribution in [2.24, 2.45) is 0 Å². The van der Waals surface area contributed by atoms with Gasteiger partial charge in [0.15, 0.2) is 6.10 Å². The highest BCUT2D eigenvalue weighted by Gasteiger charge is 2.22. The molecule has 0 saturated heterocycles. The lowest BCUT2D eigenvalue weighted by Crippen LogP contribution is -2.37. The Bertz CT molecular complexity index is 835. The van der Waals surface area contributed by atoms with Crippen LogP contribution in [0.1, 0.15) is 33.2 Å². The molecule has 2 aromatic rings. The molecule has 6 nitrogen and oxygen atoms in total. The van der Waals surface area contributed by atoms with Crippen molar-refractivity contribution in [1.82, 2.24) is 4.90 Å². The fourth-order valence-corrected chi connectivity index (χ4v) is 2.44. The lowest BCUT2D eigenvalue weighted by atomic mass is 10.1. The molecule has 27 heavy (non-hydrogen) atoms. The fourth-order valence-electron chi connectivity index (χ4n) is 2.44. The second-order valence-electron chi connectivity index (χ2n) is 5.94. The number of halogens is 1. The van der Waals surface area contributed by atoms with Crippen LogP contribution in [0.5, 0.6) is 0 Å². The molecule has 0 saturated carbocycles. The Morgan fingerprint density at radius 1 is 1.04 bits per heavy atom. The molecule has 1 unspecified atom stereocenters. The van der Waals surface area contributed by atoms with Gasteiger partial charge in [0, 0.05) is 13.6 Å². The molecule has 0 fully saturated rings. The Labute approximate surface area is 156 Å². The van der Waals surface area contributed by atoms with Crippen molar-refractivity contribution >= 4 is 17.8 Å². The number of benzene rings is 2. The van der Waals surface area contributed by atoms with Crippen LogP contribution in [0.3, 0.4) is 0 Å². The number of esters is 2. The van der Waals surface area contributed by atoms with Crippen molar-refractivity contribution in [3.8, 4) is 0 Å². The smallest absolute Gasteiger partial charge is 0.338 e. The van der Waals surface area contributed by atoms with Gasteiger partial charge in [-0.05, 0) is 48.9 Å². The van der Waals surface area contributed by atoms with E-state index < -0.39 is 23.9 Å². The molecule has 7 heteroatoms. The van der Waals surface area contributed by atoms with Crippen molar-refractivity contribution in [2.75, 3.05) is 14.2 Å². The molecule has 0 radical (unpaired) electrons. The molecule has 0 aliphatic heterocycles. The lowest BCUT2D eigenvalue weighted by Gasteiger charge is -2.21. The molecular formula is C20H20FNO5. The zero-order valence-electron chi connectivity index (χ0n) is 15.3. The van der Waals surface area contributed by atoms with E-state index in [0.717, 1.165) is 0 Å². The highest BCUT2D eigenvalue weighted by molar-refractivity contribution is 5.94. The monoisotopic (exact) mass is 373 g/mol. The molecular weight excluding hydrogens is 353 g/mol. The van der Waals surface area contributed by atoms with Crippen LogP contribution in [0, 0.1) is 5.82 Å². The van der Waals surface area contributed by atoms with Crippen LogP contribution in [0.15, 0.2) is 48.5 Å². The van der Waals surface area contributed by atoms with Gasteiger partial charge in [0.25, 0.3) is 5.91 Å². The molecule has 0 aliphatic carbocycles. The van der Waals surface area contributed by atoms with Crippen molar-refractivity contribution in [3.63, 3.8) is 0 Å². The summed E-state index contributed by atoms with van der Waals surface area (Å²) in [5.41, 5.74) is 1.13. The van der Waals surface area contributed by atoms with Crippen molar-refractivity contribution < 1.29 is 28.2 Å². The summed E-state index contributed by atoms with van der Waals surface area (Å²) in [7, 11) is 2.81. The van der Waals surface area contributed by atoms with Gasteiger partial charge in [0.05, 0.1) is 18.2 Å². The zero-order chi connectivity index (χ0) is 20.0. The Morgan fingerprint density at radius 3 is 2.19 bits per heavy atom. The molecule has 0 aliphatic rings. The summed E-state index contributed by atoms with van der Waals surface area (Å²) in [5.74, 6) is -2.01. The van der Waals surface area contributed by atoms with E-state index in [1.807, 2.05) is 0 Å². The summed E-state index contributed by atoms with van der Waals surface area (Å²) < 4.78 is 23.0. The van der Waals surface area contributed by atoms with E-state index in [9.17, 15) is 18.8 Å². The maximum absolute atomic E-state index is 13.2. The van der Waals surface area contributed by atoms with Crippen LogP contribution >= 0.6 is 0 Å². The normalized spacial score (nSPS) is 11.4. The number of methoxy groups -OCH3 is 1. The van der Waals surface area contributed by atoms with E-state index in [1.54, 1.807) is 19.2 Å². The third-order valence-corrected chi connectivity index (χ3v) is 3.86. The van der Waals surface area contributed by atoms with Crippen LogP contribution in [-0.2, 0) is 20.8 Å². The fraction of sp³-hybridized carbons (Fsp3) is 0.250. The van der Waals surface area contributed by atoms with Crippen LogP contribution < -0.4 is 0 Å². The highest BCUT2D eigenvalue weighted by Crippen LogP contribution is 2.11. The van der Waals surface area contributed by atoms with Crippen molar-refractivity contribution in [1.29, 1.82) is 0 Å². The van der Waals surface area contributed by atoms with E-state index in [0.29, 0.717) is 11.1 Å². The minimum atomic E-state index is -1.02. The summed E-state index contributed by atoms with van der Waals surface area (Å²) in [5, 5.41) is 0. The number of rotatable bonds is 6. The average molecular weight is 373 g/mol. The maximum Gasteiger partial charge on any atom is 0.338 e. The number of hydrogen-bond donors (Lipinski definition) is 0. The van der Waals surface area contributed by atoms with E-state index in [2.05, 4.69) is 4.74 Å². The van der Waals surface area contributed by atoms with Crippen LogP contribution in [-0.4, -0.2) is 43.0 Å². The molecule has 1 amide bonds. The van der Waals surface area contributed by atoms with Gasteiger partial charge in [-0.1, -0.05) is 12.1 Å². The molecule has 0 N–H and O–H groups in total. The maximum atomic E-state index is 13.2. The van der Waals surface area contributed by atoms with Crippen LogP contribution in [0.4, 0.5) is 4.39 Å². The van der Waals surface area contributed by atoms with E-state index in [-0.39, 0.29) is 17.9 Å².